The number of nitrogens with two attached hydrogens (primary N) is 1. The molecule has 0 spiro atoms. The molecule has 4 unspecified atom stereocenters. The van der Waals surface area contributed by atoms with Gasteiger partial charge in [0.2, 0.25) is 0 Å². The first-order valence-corrected chi connectivity index (χ1v) is 8.49. The molecule has 3 N–H and O–H groups in total. The van der Waals surface area contributed by atoms with Crippen molar-refractivity contribution in [2.45, 2.75) is 78.0 Å². The molecule has 0 bridgehead atoms. The first-order valence-electron chi connectivity index (χ1n) is 8.49. The highest BCUT2D eigenvalue weighted by atomic mass is 16.3. The van der Waals surface area contributed by atoms with E-state index in [-0.39, 0.29) is 17.6 Å². The van der Waals surface area contributed by atoms with Gasteiger partial charge in [-0.1, -0.05) is 27.7 Å². The van der Waals surface area contributed by atoms with E-state index in [0.717, 1.165) is 37.9 Å². The second-order valence-corrected chi connectivity index (χ2v) is 8.25. The summed E-state index contributed by atoms with van der Waals surface area (Å²) in [4.78, 5) is 2.63. The van der Waals surface area contributed by atoms with Crippen molar-refractivity contribution in [3.8, 4) is 0 Å². The number of likely N-dealkylation sites (tertiary alicyclic amines) is 1. The fourth-order valence-electron chi connectivity index (χ4n) is 3.77. The van der Waals surface area contributed by atoms with E-state index in [4.69, 9.17) is 5.73 Å². The largest absolute Gasteiger partial charge is 0.393 e. The Morgan fingerprint density at radius 3 is 2.40 bits per heavy atom. The highest BCUT2D eigenvalue weighted by molar-refractivity contribution is 4.93. The second kappa shape index (κ2) is 6.33. The van der Waals surface area contributed by atoms with Crippen LogP contribution in [-0.4, -0.2) is 41.3 Å². The Morgan fingerprint density at radius 2 is 1.90 bits per heavy atom. The summed E-state index contributed by atoms with van der Waals surface area (Å²) in [6, 6.07) is 1.02. The van der Waals surface area contributed by atoms with Gasteiger partial charge >= 0.3 is 0 Å². The van der Waals surface area contributed by atoms with Crippen LogP contribution in [0.4, 0.5) is 0 Å². The van der Waals surface area contributed by atoms with Gasteiger partial charge in [-0.3, -0.25) is 4.90 Å². The molecule has 4 atom stereocenters. The van der Waals surface area contributed by atoms with Crippen LogP contribution in [0.25, 0.3) is 0 Å². The zero-order chi connectivity index (χ0) is 14.9. The van der Waals surface area contributed by atoms with Crippen LogP contribution >= 0.6 is 0 Å². The van der Waals surface area contributed by atoms with Gasteiger partial charge in [-0.2, -0.15) is 0 Å². The van der Waals surface area contributed by atoms with Crippen LogP contribution in [0, 0.1) is 17.3 Å². The molecule has 3 nitrogen and oxygen atoms in total. The average molecular weight is 282 g/mol. The first kappa shape index (κ1) is 16.3. The van der Waals surface area contributed by atoms with Gasteiger partial charge in [0.15, 0.2) is 0 Å². The normalized spacial score (nSPS) is 32.1. The summed E-state index contributed by atoms with van der Waals surface area (Å²) < 4.78 is 0. The van der Waals surface area contributed by atoms with Crippen LogP contribution < -0.4 is 5.73 Å². The van der Waals surface area contributed by atoms with Gasteiger partial charge < -0.3 is 10.8 Å². The molecule has 1 saturated carbocycles. The molecule has 2 rings (SSSR count). The Kier molecular flexibility index (Phi) is 5.14. The van der Waals surface area contributed by atoms with Gasteiger partial charge in [0.25, 0.3) is 0 Å². The van der Waals surface area contributed by atoms with E-state index < -0.39 is 0 Å². The van der Waals surface area contributed by atoms with Gasteiger partial charge in [0, 0.05) is 25.2 Å². The molecule has 118 valence electrons. The summed E-state index contributed by atoms with van der Waals surface area (Å²) in [6.07, 6.45) is 5.80. The summed E-state index contributed by atoms with van der Waals surface area (Å²) in [7, 11) is 0. The van der Waals surface area contributed by atoms with Crippen molar-refractivity contribution in [3.05, 3.63) is 0 Å². The van der Waals surface area contributed by atoms with Crippen LogP contribution in [0.15, 0.2) is 0 Å². The van der Waals surface area contributed by atoms with Crippen molar-refractivity contribution in [2.75, 3.05) is 13.1 Å². The van der Waals surface area contributed by atoms with Crippen molar-refractivity contribution in [1.29, 1.82) is 0 Å². The molecule has 0 radical (unpaired) electrons. The molecule has 0 aromatic carbocycles. The SMILES string of the molecule is CCC(C1CC1)N1CC(N)CC(CC(O)C(C)(C)C)C1. The highest BCUT2D eigenvalue weighted by Crippen LogP contribution is 2.39. The lowest BCUT2D eigenvalue weighted by molar-refractivity contribution is 0.0151. The zero-order valence-corrected chi connectivity index (χ0v) is 13.8. The van der Waals surface area contributed by atoms with Crippen molar-refractivity contribution in [2.24, 2.45) is 23.0 Å². The van der Waals surface area contributed by atoms with E-state index in [9.17, 15) is 5.11 Å². The van der Waals surface area contributed by atoms with Crippen molar-refractivity contribution in [1.82, 2.24) is 4.90 Å². The fraction of sp³-hybridized carbons (Fsp3) is 1.00. The van der Waals surface area contributed by atoms with E-state index in [0.29, 0.717) is 5.92 Å². The Balaban J connectivity index is 1.93. The average Bonchev–Trinajstić information content (AvgIpc) is 3.12. The molecule has 1 heterocycles. The molecule has 2 fully saturated rings. The lowest BCUT2D eigenvalue weighted by Crippen LogP contribution is -2.52. The summed E-state index contributed by atoms with van der Waals surface area (Å²) >= 11 is 0. The third-order valence-corrected chi connectivity index (χ3v) is 5.21. The maximum atomic E-state index is 10.4. The van der Waals surface area contributed by atoms with Crippen LogP contribution in [-0.2, 0) is 0 Å². The van der Waals surface area contributed by atoms with E-state index in [1.165, 1.54) is 19.3 Å². The second-order valence-electron chi connectivity index (χ2n) is 8.25. The maximum absolute atomic E-state index is 10.4. The standard InChI is InChI=1S/C17H34N2O/c1-5-15(13-6-7-13)19-10-12(8-14(18)11-19)9-16(20)17(2,3)4/h12-16,20H,5-11,18H2,1-4H3. The Hall–Kier alpha value is -0.120. The lowest BCUT2D eigenvalue weighted by Gasteiger charge is -2.42. The number of nitrogens with zero attached hydrogens (tertiary/aromatic N) is 1. The number of hydrogen-bond donors (Lipinski definition) is 2. The topological polar surface area (TPSA) is 49.5 Å². The van der Waals surface area contributed by atoms with Crippen LogP contribution in [0.3, 0.4) is 0 Å². The first-order chi connectivity index (χ1) is 9.31. The Morgan fingerprint density at radius 1 is 1.25 bits per heavy atom. The van der Waals surface area contributed by atoms with E-state index in [1.807, 2.05) is 0 Å². The van der Waals surface area contributed by atoms with Gasteiger partial charge in [0.1, 0.15) is 0 Å². The van der Waals surface area contributed by atoms with Crippen LogP contribution in [0.2, 0.25) is 0 Å². The van der Waals surface area contributed by atoms with E-state index in [1.54, 1.807) is 0 Å². The molecule has 20 heavy (non-hydrogen) atoms. The minimum atomic E-state index is -0.222. The molecule has 0 aromatic rings. The smallest absolute Gasteiger partial charge is 0.0591 e. The Bertz CT molecular complexity index is 309. The molecular weight excluding hydrogens is 248 g/mol. The number of piperidine rings is 1. The molecule has 0 amide bonds. The summed E-state index contributed by atoms with van der Waals surface area (Å²) in [5.41, 5.74) is 6.27. The maximum Gasteiger partial charge on any atom is 0.0591 e. The van der Waals surface area contributed by atoms with E-state index >= 15 is 0 Å². The number of hydrogen-bond acceptors (Lipinski definition) is 3. The predicted molar refractivity (Wildman–Crippen MR) is 84.5 cm³/mol. The molecule has 1 aliphatic carbocycles. The summed E-state index contributed by atoms with van der Waals surface area (Å²) in [5, 5.41) is 10.4. The predicted octanol–water partition coefficient (Wildman–Crippen LogP) is 2.62. The molecule has 2 aliphatic rings. The molecule has 1 aliphatic heterocycles. The minimum absolute atomic E-state index is 0.0208. The van der Waals surface area contributed by atoms with Gasteiger partial charge in [-0.05, 0) is 49.4 Å². The molecule has 3 heteroatoms. The van der Waals surface area contributed by atoms with Crippen molar-refractivity contribution in [3.63, 3.8) is 0 Å². The monoisotopic (exact) mass is 282 g/mol. The minimum Gasteiger partial charge on any atom is -0.393 e. The van der Waals surface area contributed by atoms with Gasteiger partial charge in [-0.15, -0.1) is 0 Å². The quantitative estimate of drug-likeness (QED) is 0.815. The Labute approximate surface area is 124 Å². The highest BCUT2D eigenvalue weighted by Gasteiger charge is 2.38. The van der Waals surface area contributed by atoms with Crippen molar-refractivity contribution >= 4 is 0 Å². The number of aliphatic hydroxyl groups is 1. The third kappa shape index (κ3) is 4.19. The number of rotatable bonds is 5. The summed E-state index contributed by atoms with van der Waals surface area (Å²) in [5.74, 6) is 1.47. The van der Waals surface area contributed by atoms with E-state index in [2.05, 4.69) is 32.6 Å². The zero-order valence-electron chi connectivity index (χ0n) is 13.8. The molecule has 1 saturated heterocycles. The van der Waals surface area contributed by atoms with Gasteiger partial charge in [0.05, 0.1) is 6.10 Å². The number of aliphatic hydroxyl groups excluding tert-OH is 1. The van der Waals surface area contributed by atoms with Crippen LogP contribution in [0.5, 0.6) is 0 Å². The van der Waals surface area contributed by atoms with Crippen LogP contribution in [0.1, 0.15) is 59.8 Å². The fourth-order valence-corrected chi connectivity index (χ4v) is 3.77. The molecular formula is C17H34N2O. The summed E-state index contributed by atoms with van der Waals surface area (Å²) in [6.45, 7) is 10.9. The van der Waals surface area contributed by atoms with Crippen molar-refractivity contribution < 1.29 is 5.11 Å². The lowest BCUT2D eigenvalue weighted by atomic mass is 9.80. The third-order valence-electron chi connectivity index (χ3n) is 5.21. The molecule has 0 aromatic heterocycles. The van der Waals surface area contributed by atoms with Gasteiger partial charge in [-0.25, -0.2) is 0 Å².